The van der Waals surface area contributed by atoms with Crippen molar-refractivity contribution in [2.24, 2.45) is 18.9 Å². The first-order valence-corrected chi connectivity index (χ1v) is 10.6. The molecule has 4 nitrogen and oxygen atoms in total. The van der Waals surface area contributed by atoms with Gasteiger partial charge in [0.25, 0.3) is 0 Å². The van der Waals surface area contributed by atoms with E-state index < -0.39 is 0 Å². The Labute approximate surface area is 169 Å². The summed E-state index contributed by atoms with van der Waals surface area (Å²) in [6.07, 6.45) is 4.49. The fourth-order valence-electron chi connectivity index (χ4n) is 4.73. The fraction of sp³-hybridized carbons (Fsp3) is 0.500. The molecule has 0 spiro atoms. The summed E-state index contributed by atoms with van der Waals surface area (Å²) in [5.41, 5.74) is 5.15. The van der Waals surface area contributed by atoms with Crippen molar-refractivity contribution in [1.29, 1.82) is 0 Å². The molecule has 0 radical (unpaired) electrons. The monoisotopic (exact) mass is 430 g/mol. The Balaban J connectivity index is 1.77. The Kier molecular flexibility index (Phi) is 5.04. The Morgan fingerprint density at radius 1 is 1.37 bits per heavy atom. The van der Waals surface area contributed by atoms with Crippen LogP contribution in [0.1, 0.15) is 30.9 Å². The van der Waals surface area contributed by atoms with Crippen molar-refractivity contribution in [2.45, 2.75) is 32.2 Å². The molecule has 1 N–H and O–H groups in total. The van der Waals surface area contributed by atoms with Crippen LogP contribution < -0.4 is 0 Å². The molecule has 3 atom stereocenters. The molecule has 0 saturated heterocycles. The normalized spacial score (nSPS) is 23.2. The summed E-state index contributed by atoms with van der Waals surface area (Å²) in [7, 11) is 4.22. The maximum atomic E-state index is 12.9. The molecule has 5 heteroatoms. The molecule has 0 amide bonds. The van der Waals surface area contributed by atoms with Crippen LogP contribution in [0.3, 0.4) is 0 Å². The van der Waals surface area contributed by atoms with Gasteiger partial charge in [0.15, 0.2) is 0 Å². The molecule has 1 aromatic carbocycles. The van der Waals surface area contributed by atoms with Crippen LogP contribution in [0, 0.1) is 11.8 Å². The van der Waals surface area contributed by atoms with Gasteiger partial charge in [-0.25, -0.2) is 0 Å². The summed E-state index contributed by atoms with van der Waals surface area (Å²) in [6.45, 7) is 2.88. The number of likely N-dealkylation sites (N-methyl/N-ethyl adjacent to an activating group) is 1. The molecule has 2 heterocycles. The van der Waals surface area contributed by atoms with Crippen molar-refractivity contribution < 1.29 is 9.90 Å². The molecule has 0 fully saturated rings. The second kappa shape index (κ2) is 7.19. The van der Waals surface area contributed by atoms with Crippen LogP contribution >= 0.6 is 15.9 Å². The van der Waals surface area contributed by atoms with Gasteiger partial charge in [-0.3, -0.25) is 9.69 Å². The van der Waals surface area contributed by atoms with Crippen LogP contribution in [0.5, 0.6) is 0 Å². The second-order valence-electron chi connectivity index (χ2n) is 8.04. The Bertz CT molecular complexity index is 926. The third-order valence-electron chi connectivity index (χ3n) is 6.45. The zero-order valence-corrected chi connectivity index (χ0v) is 17.8. The molecule has 0 unspecified atom stereocenters. The van der Waals surface area contributed by atoms with Crippen LogP contribution in [0.2, 0.25) is 0 Å². The van der Waals surface area contributed by atoms with Gasteiger partial charge in [-0.05, 0) is 58.1 Å². The van der Waals surface area contributed by atoms with E-state index in [0.717, 1.165) is 24.0 Å². The minimum absolute atomic E-state index is 0.0744. The van der Waals surface area contributed by atoms with Crippen molar-refractivity contribution in [3.8, 4) is 0 Å². The van der Waals surface area contributed by atoms with Crippen molar-refractivity contribution in [3.05, 3.63) is 40.0 Å². The molecule has 144 valence electrons. The van der Waals surface area contributed by atoms with E-state index in [4.69, 9.17) is 0 Å². The van der Waals surface area contributed by atoms with Crippen LogP contribution in [-0.4, -0.2) is 46.6 Å². The predicted molar refractivity (Wildman–Crippen MR) is 113 cm³/mol. The van der Waals surface area contributed by atoms with Gasteiger partial charge in [0.2, 0.25) is 0 Å². The van der Waals surface area contributed by atoms with Crippen LogP contribution in [0.4, 0.5) is 0 Å². The molecule has 2 aliphatic rings. The van der Waals surface area contributed by atoms with E-state index in [-0.39, 0.29) is 24.2 Å². The molecular weight excluding hydrogens is 404 g/mol. The number of aromatic nitrogens is 1. The zero-order chi connectivity index (χ0) is 19.3. The molecule has 2 aromatic rings. The largest absolute Gasteiger partial charge is 0.396 e. The smallest absolute Gasteiger partial charge is 0.141 e. The Morgan fingerprint density at radius 2 is 2.15 bits per heavy atom. The van der Waals surface area contributed by atoms with Gasteiger partial charge in [0.05, 0.1) is 4.60 Å². The summed E-state index contributed by atoms with van der Waals surface area (Å²) in [5.74, 6) is 0.233. The molecule has 1 aromatic heterocycles. The molecule has 27 heavy (non-hydrogen) atoms. The number of aryl methyl sites for hydroxylation is 1. The number of halogens is 1. The highest BCUT2D eigenvalue weighted by molar-refractivity contribution is 9.10. The summed E-state index contributed by atoms with van der Waals surface area (Å²) in [5, 5.41) is 10.8. The van der Waals surface area contributed by atoms with E-state index in [0.29, 0.717) is 12.5 Å². The molecule has 1 aliphatic carbocycles. The first-order chi connectivity index (χ1) is 13.0. The lowest BCUT2D eigenvalue weighted by Crippen LogP contribution is -2.44. The molecule has 0 bridgehead atoms. The van der Waals surface area contributed by atoms with E-state index in [2.05, 4.69) is 63.8 Å². The van der Waals surface area contributed by atoms with E-state index >= 15 is 0 Å². The average molecular weight is 431 g/mol. The van der Waals surface area contributed by atoms with Gasteiger partial charge in [-0.2, -0.15) is 0 Å². The number of Topliss-reactive ketones (excluding diaryl/α,β-unsaturated/α-hetero) is 1. The third-order valence-corrected chi connectivity index (χ3v) is 7.46. The summed E-state index contributed by atoms with van der Waals surface area (Å²) >= 11 is 3.78. The van der Waals surface area contributed by atoms with Crippen molar-refractivity contribution in [1.82, 2.24) is 9.47 Å². The third kappa shape index (κ3) is 3.00. The number of hydrogen-bond donors (Lipinski definition) is 1. The van der Waals surface area contributed by atoms with E-state index in [1.807, 2.05) is 6.92 Å². The highest BCUT2D eigenvalue weighted by Gasteiger charge is 2.37. The number of aliphatic hydroxyl groups is 1. The molecular formula is C22H27BrN2O2. The number of benzene rings is 1. The summed E-state index contributed by atoms with van der Waals surface area (Å²) < 4.78 is 3.37. The van der Waals surface area contributed by atoms with Gasteiger partial charge >= 0.3 is 0 Å². The van der Waals surface area contributed by atoms with Crippen LogP contribution in [0.15, 0.2) is 28.9 Å². The standard InChI is InChI=1S/C22H27BrN2O2/c1-4-13(12-26)8-20(27)14-9-16-15-6-5-7-18-21(15)17(22(23)25(18)3)10-19(16)24(2)11-14/h5-7,9,13-14,19,26H,4,8,10-12H2,1-3H3/t13-,14-,19-/m1/s1. The molecule has 1 aliphatic heterocycles. The number of hydrogen-bond acceptors (Lipinski definition) is 3. The molecule has 4 rings (SSSR count). The second-order valence-corrected chi connectivity index (χ2v) is 8.79. The Morgan fingerprint density at radius 3 is 2.85 bits per heavy atom. The predicted octanol–water partition coefficient (Wildman–Crippen LogP) is 3.79. The van der Waals surface area contributed by atoms with Gasteiger partial charge in [-0.1, -0.05) is 31.6 Å². The number of nitrogens with zero attached hydrogens (tertiary/aromatic N) is 2. The average Bonchev–Trinajstić information content (AvgIpc) is 2.92. The SMILES string of the molecule is CC[C@@H](CO)CC(=O)[C@@H]1C=C2c3cccc4c3c(c(Br)n4C)C[C@H]2N(C)C1. The fourth-order valence-corrected chi connectivity index (χ4v) is 5.28. The lowest BCUT2D eigenvalue weighted by molar-refractivity contribution is -0.123. The van der Waals surface area contributed by atoms with Crippen molar-refractivity contribution in [2.75, 3.05) is 20.2 Å². The van der Waals surface area contributed by atoms with Crippen molar-refractivity contribution in [3.63, 3.8) is 0 Å². The number of carbonyl (C=O) groups is 1. The topological polar surface area (TPSA) is 45.5 Å². The van der Waals surface area contributed by atoms with Gasteiger partial charge in [0, 0.05) is 49.5 Å². The number of ketones is 1. The van der Waals surface area contributed by atoms with Gasteiger partial charge < -0.3 is 9.67 Å². The zero-order valence-electron chi connectivity index (χ0n) is 16.2. The van der Waals surface area contributed by atoms with Gasteiger partial charge in [0.1, 0.15) is 5.78 Å². The minimum atomic E-state index is -0.0918. The van der Waals surface area contributed by atoms with E-state index in [1.165, 1.54) is 27.6 Å². The Hall–Kier alpha value is -1.43. The highest BCUT2D eigenvalue weighted by atomic mass is 79.9. The first kappa shape index (κ1) is 18.9. The lowest BCUT2D eigenvalue weighted by atomic mass is 9.78. The van der Waals surface area contributed by atoms with Crippen LogP contribution in [-0.2, 0) is 18.3 Å². The van der Waals surface area contributed by atoms with Crippen molar-refractivity contribution >= 4 is 38.2 Å². The van der Waals surface area contributed by atoms with E-state index in [9.17, 15) is 9.90 Å². The number of rotatable bonds is 5. The summed E-state index contributed by atoms with van der Waals surface area (Å²) in [4.78, 5) is 15.2. The lowest BCUT2D eigenvalue weighted by Gasteiger charge is -2.39. The number of fused-ring (bicyclic) bond motifs is 2. The number of aliphatic hydroxyl groups excluding tert-OH is 1. The maximum Gasteiger partial charge on any atom is 0.141 e. The minimum Gasteiger partial charge on any atom is -0.396 e. The first-order valence-electron chi connectivity index (χ1n) is 9.77. The maximum absolute atomic E-state index is 12.9. The van der Waals surface area contributed by atoms with Crippen LogP contribution in [0.25, 0.3) is 16.5 Å². The molecule has 0 saturated carbocycles. The summed E-state index contributed by atoms with van der Waals surface area (Å²) in [6, 6.07) is 6.78. The highest BCUT2D eigenvalue weighted by Crippen LogP contribution is 2.44. The van der Waals surface area contributed by atoms with E-state index in [1.54, 1.807) is 0 Å². The van der Waals surface area contributed by atoms with Gasteiger partial charge in [-0.15, -0.1) is 0 Å². The number of carbonyl (C=O) groups excluding carboxylic acids is 1. The quantitative estimate of drug-likeness (QED) is 0.784.